The predicted molar refractivity (Wildman–Crippen MR) is 76.5 cm³/mol. The van der Waals surface area contributed by atoms with Gasteiger partial charge in [-0.05, 0) is 37.3 Å². The Morgan fingerprint density at radius 2 is 2.05 bits per heavy atom. The third-order valence-electron chi connectivity index (χ3n) is 3.01. The minimum absolute atomic E-state index is 0.354. The zero-order chi connectivity index (χ0) is 14.7. The highest BCUT2D eigenvalue weighted by molar-refractivity contribution is 6.05. The van der Waals surface area contributed by atoms with Crippen LogP contribution in [0.5, 0.6) is 5.75 Å². The number of amides is 1. The van der Waals surface area contributed by atoms with Crippen molar-refractivity contribution in [3.8, 4) is 5.75 Å². The summed E-state index contributed by atoms with van der Waals surface area (Å²) in [5, 5.41) is 2.66. The lowest BCUT2D eigenvalue weighted by atomic mass is 10.1. The van der Waals surface area contributed by atoms with Crippen molar-refractivity contribution in [3.63, 3.8) is 0 Å². The fourth-order valence-corrected chi connectivity index (χ4v) is 1.81. The lowest BCUT2D eigenvalue weighted by Gasteiger charge is -2.10. The molecule has 2 aromatic rings. The van der Waals surface area contributed by atoms with E-state index in [9.17, 15) is 9.18 Å². The highest BCUT2D eigenvalue weighted by atomic mass is 19.1. The molecule has 0 aliphatic rings. The van der Waals surface area contributed by atoms with Gasteiger partial charge in [-0.1, -0.05) is 6.07 Å². The van der Waals surface area contributed by atoms with Crippen molar-refractivity contribution < 1.29 is 13.9 Å². The van der Waals surface area contributed by atoms with Crippen molar-refractivity contribution in [3.05, 3.63) is 53.3 Å². The Hall–Kier alpha value is -2.56. The van der Waals surface area contributed by atoms with E-state index in [1.807, 2.05) is 0 Å². The Morgan fingerprint density at radius 3 is 2.70 bits per heavy atom. The second-order valence-electron chi connectivity index (χ2n) is 4.32. The van der Waals surface area contributed by atoms with Gasteiger partial charge in [-0.3, -0.25) is 4.79 Å². The third-order valence-corrected chi connectivity index (χ3v) is 3.01. The van der Waals surface area contributed by atoms with Crippen molar-refractivity contribution in [1.82, 2.24) is 0 Å². The summed E-state index contributed by atoms with van der Waals surface area (Å²) >= 11 is 0. The van der Waals surface area contributed by atoms with Crippen LogP contribution in [0.25, 0.3) is 0 Å². The molecule has 1 amide bonds. The summed E-state index contributed by atoms with van der Waals surface area (Å²) < 4.78 is 18.4. The fourth-order valence-electron chi connectivity index (χ4n) is 1.81. The molecule has 0 heterocycles. The quantitative estimate of drug-likeness (QED) is 0.846. The monoisotopic (exact) mass is 274 g/mol. The molecule has 0 fully saturated rings. The highest BCUT2D eigenvalue weighted by Gasteiger charge is 2.11. The molecule has 0 unspecified atom stereocenters. The summed E-state index contributed by atoms with van der Waals surface area (Å²) in [6, 6.07) is 9.25. The number of benzene rings is 2. The lowest BCUT2D eigenvalue weighted by molar-refractivity contribution is 0.102. The topological polar surface area (TPSA) is 64.3 Å². The zero-order valence-electron chi connectivity index (χ0n) is 11.2. The van der Waals surface area contributed by atoms with E-state index in [1.54, 1.807) is 31.2 Å². The molecule has 2 rings (SSSR count). The number of nitrogen functional groups attached to an aromatic ring is 1. The van der Waals surface area contributed by atoms with Gasteiger partial charge in [0.15, 0.2) is 0 Å². The van der Waals surface area contributed by atoms with E-state index in [-0.39, 0.29) is 11.7 Å². The second kappa shape index (κ2) is 5.61. The van der Waals surface area contributed by atoms with E-state index in [1.165, 1.54) is 19.2 Å². The number of nitrogens with two attached hydrogens (primary N) is 1. The number of carbonyl (C=O) groups excluding carboxylic acids is 1. The first kappa shape index (κ1) is 13.9. The number of rotatable bonds is 3. The first-order valence-corrected chi connectivity index (χ1v) is 6.03. The van der Waals surface area contributed by atoms with Gasteiger partial charge in [0.05, 0.1) is 12.8 Å². The maximum Gasteiger partial charge on any atom is 0.255 e. The van der Waals surface area contributed by atoms with Crippen LogP contribution < -0.4 is 15.8 Å². The van der Waals surface area contributed by atoms with Gasteiger partial charge in [-0.15, -0.1) is 0 Å². The SMILES string of the molecule is COc1ccc(C(=O)Nc2cccc(F)c2C)cc1N. The van der Waals surface area contributed by atoms with E-state index in [0.717, 1.165) is 0 Å². The van der Waals surface area contributed by atoms with Crippen LogP contribution in [-0.4, -0.2) is 13.0 Å². The standard InChI is InChI=1S/C15H15FN2O2/c1-9-11(16)4-3-5-13(9)18-15(19)10-6-7-14(20-2)12(17)8-10/h3-8H,17H2,1-2H3,(H,18,19). The van der Waals surface area contributed by atoms with Crippen molar-refractivity contribution in [2.75, 3.05) is 18.2 Å². The van der Waals surface area contributed by atoms with E-state index >= 15 is 0 Å². The number of nitrogens with one attached hydrogen (secondary N) is 1. The molecule has 2 aromatic carbocycles. The average Bonchev–Trinajstić information content (AvgIpc) is 2.43. The van der Waals surface area contributed by atoms with E-state index in [4.69, 9.17) is 10.5 Å². The number of methoxy groups -OCH3 is 1. The van der Waals surface area contributed by atoms with Gasteiger partial charge >= 0.3 is 0 Å². The van der Waals surface area contributed by atoms with Gasteiger partial charge < -0.3 is 15.8 Å². The molecule has 104 valence electrons. The number of halogens is 1. The summed E-state index contributed by atoms with van der Waals surface area (Å²) in [5.74, 6) is -0.214. The molecule has 5 heteroatoms. The number of carbonyl (C=O) groups is 1. The predicted octanol–water partition coefficient (Wildman–Crippen LogP) is 2.98. The van der Waals surface area contributed by atoms with E-state index in [2.05, 4.69) is 5.32 Å². The molecule has 4 nitrogen and oxygen atoms in total. The van der Waals surface area contributed by atoms with Gasteiger partial charge in [0.1, 0.15) is 11.6 Å². The van der Waals surface area contributed by atoms with Crippen LogP contribution in [0.15, 0.2) is 36.4 Å². The molecule has 0 aromatic heterocycles. The van der Waals surface area contributed by atoms with Crippen molar-refractivity contribution in [1.29, 1.82) is 0 Å². The Morgan fingerprint density at radius 1 is 1.30 bits per heavy atom. The Labute approximate surface area is 116 Å². The molecular formula is C15H15FN2O2. The van der Waals surface area contributed by atoms with Gasteiger partial charge in [-0.2, -0.15) is 0 Å². The summed E-state index contributed by atoms with van der Waals surface area (Å²) in [6.07, 6.45) is 0. The van der Waals surface area contributed by atoms with Crippen LogP contribution in [0, 0.1) is 12.7 Å². The molecule has 0 aliphatic carbocycles. The van der Waals surface area contributed by atoms with E-state index in [0.29, 0.717) is 28.3 Å². The van der Waals surface area contributed by atoms with Crippen molar-refractivity contribution in [2.24, 2.45) is 0 Å². The van der Waals surface area contributed by atoms with Crippen LogP contribution in [0.3, 0.4) is 0 Å². The third kappa shape index (κ3) is 2.71. The summed E-state index contributed by atoms with van der Waals surface area (Å²) in [7, 11) is 1.50. The molecule has 0 bridgehead atoms. The molecule has 3 N–H and O–H groups in total. The highest BCUT2D eigenvalue weighted by Crippen LogP contribution is 2.23. The lowest BCUT2D eigenvalue weighted by Crippen LogP contribution is -2.13. The first-order chi connectivity index (χ1) is 9.52. The summed E-state index contributed by atoms with van der Waals surface area (Å²) in [4.78, 5) is 12.1. The van der Waals surface area contributed by atoms with Gasteiger partial charge in [0.2, 0.25) is 0 Å². The van der Waals surface area contributed by atoms with Crippen molar-refractivity contribution >= 4 is 17.3 Å². The largest absolute Gasteiger partial charge is 0.495 e. The molecule has 0 radical (unpaired) electrons. The van der Waals surface area contributed by atoms with Gasteiger partial charge in [0.25, 0.3) is 5.91 Å². The van der Waals surface area contributed by atoms with Crippen LogP contribution in [0.4, 0.5) is 15.8 Å². The van der Waals surface area contributed by atoms with Crippen LogP contribution in [-0.2, 0) is 0 Å². The Bertz CT molecular complexity index is 656. The number of hydrogen-bond donors (Lipinski definition) is 2. The smallest absolute Gasteiger partial charge is 0.255 e. The van der Waals surface area contributed by atoms with Gasteiger partial charge in [-0.25, -0.2) is 4.39 Å². The molecule has 0 saturated carbocycles. The van der Waals surface area contributed by atoms with Gasteiger partial charge in [0, 0.05) is 16.8 Å². The number of hydrogen-bond acceptors (Lipinski definition) is 3. The Balaban J connectivity index is 2.24. The van der Waals surface area contributed by atoms with Crippen LogP contribution in [0.2, 0.25) is 0 Å². The molecule has 0 spiro atoms. The molecule has 0 aliphatic heterocycles. The maximum atomic E-state index is 13.4. The average molecular weight is 274 g/mol. The maximum absolute atomic E-state index is 13.4. The molecule has 0 atom stereocenters. The molecule has 20 heavy (non-hydrogen) atoms. The minimum atomic E-state index is -0.364. The number of anilines is 2. The summed E-state index contributed by atoms with van der Waals surface area (Å²) in [6.45, 7) is 1.60. The first-order valence-electron chi connectivity index (χ1n) is 6.03. The zero-order valence-corrected chi connectivity index (χ0v) is 11.2. The van der Waals surface area contributed by atoms with Crippen LogP contribution >= 0.6 is 0 Å². The second-order valence-corrected chi connectivity index (χ2v) is 4.32. The minimum Gasteiger partial charge on any atom is -0.495 e. The number of ether oxygens (including phenoxy) is 1. The molecule has 0 saturated heterocycles. The molecular weight excluding hydrogens is 259 g/mol. The fraction of sp³-hybridized carbons (Fsp3) is 0.133. The van der Waals surface area contributed by atoms with Crippen molar-refractivity contribution in [2.45, 2.75) is 6.92 Å². The Kier molecular flexibility index (Phi) is 3.89. The normalized spacial score (nSPS) is 10.2. The van der Waals surface area contributed by atoms with E-state index < -0.39 is 0 Å². The van der Waals surface area contributed by atoms with Crippen LogP contribution in [0.1, 0.15) is 15.9 Å². The summed E-state index contributed by atoms with van der Waals surface area (Å²) in [5.41, 5.74) is 7.33.